The number of aliphatic hydroxyl groups excluding tert-OH is 1. The van der Waals surface area contributed by atoms with E-state index in [1.165, 1.54) is 19.3 Å². The molecule has 2 atom stereocenters. The van der Waals surface area contributed by atoms with Gasteiger partial charge in [0, 0.05) is 0 Å². The number of rotatable bonds is 8. The maximum Gasteiger partial charge on any atom is 0.248 e. The second-order valence-electron chi connectivity index (χ2n) is 6.41. The van der Waals surface area contributed by atoms with Gasteiger partial charge >= 0.3 is 0 Å². The Morgan fingerprint density at radius 3 is 2.70 bits per heavy atom. The zero-order chi connectivity index (χ0) is 19.8. The van der Waals surface area contributed by atoms with Gasteiger partial charge in [-0.3, -0.25) is 4.79 Å². The first kappa shape index (κ1) is 20.3. The fourth-order valence-electron chi connectivity index (χ4n) is 2.71. The zero-order valence-electron chi connectivity index (χ0n) is 15.6. The molecule has 0 aliphatic heterocycles. The normalized spacial score (nSPS) is 13.3. The van der Waals surface area contributed by atoms with Gasteiger partial charge < -0.3 is 26.0 Å². The summed E-state index contributed by atoms with van der Waals surface area (Å²) >= 11 is 0. The molecule has 6 heteroatoms. The second kappa shape index (κ2) is 9.64. The van der Waals surface area contributed by atoms with Crippen LogP contribution in [0.1, 0.15) is 31.4 Å². The van der Waals surface area contributed by atoms with Crippen molar-refractivity contribution in [1.82, 2.24) is 0 Å². The van der Waals surface area contributed by atoms with Crippen LogP contribution in [0.2, 0.25) is 0 Å². The SMILES string of the molecule is COc1ccc([C@H](O)[C@@H](C)CC/C=C/C(=O)Nc2ccccc2N)cc1O. The van der Waals surface area contributed by atoms with E-state index in [1.54, 1.807) is 42.5 Å². The molecular formula is C21H26N2O4. The quantitative estimate of drug-likeness (QED) is 0.419. The lowest BCUT2D eigenvalue weighted by Gasteiger charge is -2.19. The van der Waals surface area contributed by atoms with Crippen molar-refractivity contribution in [1.29, 1.82) is 0 Å². The monoisotopic (exact) mass is 370 g/mol. The maximum absolute atomic E-state index is 11.9. The van der Waals surface area contributed by atoms with Gasteiger partial charge in [-0.25, -0.2) is 0 Å². The number of nitrogens with one attached hydrogen (secondary N) is 1. The summed E-state index contributed by atoms with van der Waals surface area (Å²) in [4.78, 5) is 11.9. The van der Waals surface area contributed by atoms with Crippen LogP contribution in [0.3, 0.4) is 0 Å². The minimum Gasteiger partial charge on any atom is -0.504 e. The predicted octanol–water partition coefficient (Wildman–Crippen LogP) is 3.63. The van der Waals surface area contributed by atoms with E-state index in [0.717, 1.165) is 0 Å². The van der Waals surface area contributed by atoms with Gasteiger partial charge in [0.25, 0.3) is 0 Å². The summed E-state index contributed by atoms with van der Waals surface area (Å²) in [5, 5.41) is 23.0. The summed E-state index contributed by atoms with van der Waals surface area (Å²) in [6.45, 7) is 1.92. The number of hydrogen-bond acceptors (Lipinski definition) is 5. The zero-order valence-corrected chi connectivity index (χ0v) is 15.6. The number of allylic oxidation sites excluding steroid dienone is 1. The lowest BCUT2D eigenvalue weighted by Crippen LogP contribution is -2.10. The number of phenolic OH excluding ortho intramolecular Hbond substituents is 1. The number of hydrogen-bond donors (Lipinski definition) is 4. The Morgan fingerprint density at radius 1 is 1.30 bits per heavy atom. The van der Waals surface area contributed by atoms with Gasteiger partial charge in [0.1, 0.15) is 0 Å². The fourth-order valence-corrected chi connectivity index (χ4v) is 2.71. The molecule has 0 saturated carbocycles. The van der Waals surface area contributed by atoms with Crippen LogP contribution < -0.4 is 15.8 Å². The Balaban J connectivity index is 1.83. The summed E-state index contributed by atoms with van der Waals surface area (Å²) < 4.78 is 5.01. The number of ether oxygens (including phenoxy) is 1. The number of methoxy groups -OCH3 is 1. The molecule has 1 amide bonds. The van der Waals surface area contributed by atoms with Gasteiger partial charge in [0.15, 0.2) is 11.5 Å². The van der Waals surface area contributed by atoms with Crippen LogP contribution >= 0.6 is 0 Å². The molecule has 27 heavy (non-hydrogen) atoms. The molecular weight excluding hydrogens is 344 g/mol. The Hall–Kier alpha value is -2.99. The molecule has 2 rings (SSSR count). The lowest BCUT2D eigenvalue weighted by atomic mass is 9.93. The molecule has 2 aromatic carbocycles. The van der Waals surface area contributed by atoms with Gasteiger partial charge in [0.05, 0.1) is 24.6 Å². The topological polar surface area (TPSA) is 105 Å². The van der Waals surface area contributed by atoms with Crippen molar-refractivity contribution in [2.24, 2.45) is 5.92 Å². The van der Waals surface area contributed by atoms with Crippen LogP contribution in [0.4, 0.5) is 11.4 Å². The van der Waals surface area contributed by atoms with E-state index in [1.807, 2.05) is 6.92 Å². The van der Waals surface area contributed by atoms with Crippen LogP contribution in [-0.4, -0.2) is 23.2 Å². The van der Waals surface area contributed by atoms with Crippen LogP contribution in [0, 0.1) is 5.92 Å². The number of carbonyl (C=O) groups excluding carboxylic acids is 1. The number of amides is 1. The molecule has 144 valence electrons. The van der Waals surface area contributed by atoms with Crippen LogP contribution in [-0.2, 0) is 4.79 Å². The first-order valence-electron chi connectivity index (χ1n) is 8.79. The number of aromatic hydroxyl groups is 1. The second-order valence-corrected chi connectivity index (χ2v) is 6.41. The van der Waals surface area contributed by atoms with Crippen molar-refractivity contribution in [2.45, 2.75) is 25.9 Å². The van der Waals surface area contributed by atoms with Gasteiger partial charge in [0.2, 0.25) is 5.91 Å². The molecule has 0 heterocycles. The Kier molecular flexibility index (Phi) is 7.25. The molecule has 5 N–H and O–H groups in total. The Bertz CT molecular complexity index is 805. The average molecular weight is 370 g/mol. The molecule has 0 fully saturated rings. The molecule has 0 radical (unpaired) electrons. The number of carbonyl (C=O) groups is 1. The Labute approximate surface area is 159 Å². The van der Waals surface area contributed by atoms with Gasteiger partial charge in [-0.1, -0.05) is 31.2 Å². The number of benzene rings is 2. The minimum atomic E-state index is -0.715. The molecule has 0 unspecified atom stereocenters. The van der Waals surface area contributed by atoms with E-state index >= 15 is 0 Å². The van der Waals surface area contributed by atoms with E-state index in [9.17, 15) is 15.0 Å². The largest absolute Gasteiger partial charge is 0.504 e. The summed E-state index contributed by atoms with van der Waals surface area (Å²) in [6.07, 6.45) is 3.84. The molecule has 0 aliphatic carbocycles. The molecule has 0 saturated heterocycles. The first-order chi connectivity index (χ1) is 12.9. The lowest BCUT2D eigenvalue weighted by molar-refractivity contribution is -0.111. The van der Waals surface area contributed by atoms with E-state index in [4.69, 9.17) is 10.5 Å². The van der Waals surface area contributed by atoms with E-state index in [2.05, 4.69) is 5.32 Å². The smallest absolute Gasteiger partial charge is 0.248 e. The highest BCUT2D eigenvalue weighted by molar-refractivity contribution is 6.01. The molecule has 0 bridgehead atoms. The molecule has 2 aromatic rings. The maximum atomic E-state index is 11.9. The summed E-state index contributed by atoms with van der Waals surface area (Å²) in [7, 11) is 1.47. The minimum absolute atomic E-state index is 0.00185. The third-order valence-corrected chi connectivity index (χ3v) is 4.36. The predicted molar refractivity (Wildman–Crippen MR) is 107 cm³/mol. The van der Waals surface area contributed by atoms with Crippen molar-refractivity contribution in [3.8, 4) is 11.5 Å². The Morgan fingerprint density at radius 2 is 2.04 bits per heavy atom. The highest BCUT2D eigenvalue weighted by Crippen LogP contribution is 2.32. The van der Waals surface area contributed by atoms with Crippen LogP contribution in [0.25, 0.3) is 0 Å². The fraction of sp³-hybridized carbons (Fsp3) is 0.286. The highest BCUT2D eigenvalue weighted by Gasteiger charge is 2.17. The number of phenols is 1. The molecule has 0 aromatic heterocycles. The molecule has 0 spiro atoms. The summed E-state index contributed by atoms with van der Waals surface area (Å²) in [5.74, 6) is 0.0704. The number of aliphatic hydroxyl groups is 1. The van der Waals surface area contributed by atoms with Crippen molar-refractivity contribution in [3.63, 3.8) is 0 Å². The number of nitrogen functional groups attached to an aromatic ring is 1. The van der Waals surface area contributed by atoms with Crippen molar-refractivity contribution in [2.75, 3.05) is 18.2 Å². The van der Waals surface area contributed by atoms with Crippen LogP contribution in [0.15, 0.2) is 54.6 Å². The van der Waals surface area contributed by atoms with Crippen molar-refractivity contribution in [3.05, 3.63) is 60.2 Å². The first-order valence-corrected chi connectivity index (χ1v) is 8.79. The summed E-state index contributed by atoms with van der Waals surface area (Å²) in [5.41, 5.74) is 7.51. The van der Waals surface area contributed by atoms with E-state index in [0.29, 0.717) is 35.5 Å². The third-order valence-electron chi connectivity index (χ3n) is 4.36. The van der Waals surface area contributed by atoms with Crippen LogP contribution in [0.5, 0.6) is 11.5 Å². The molecule has 6 nitrogen and oxygen atoms in total. The summed E-state index contributed by atoms with van der Waals surface area (Å²) in [6, 6.07) is 11.9. The van der Waals surface area contributed by atoms with Gasteiger partial charge in [-0.2, -0.15) is 0 Å². The highest BCUT2D eigenvalue weighted by atomic mass is 16.5. The average Bonchev–Trinajstić information content (AvgIpc) is 2.66. The number of nitrogens with two attached hydrogens (primary N) is 1. The number of para-hydroxylation sites is 2. The van der Waals surface area contributed by atoms with Crippen molar-refractivity contribution >= 4 is 17.3 Å². The number of anilines is 2. The van der Waals surface area contributed by atoms with Gasteiger partial charge in [-0.05, 0) is 54.7 Å². The van der Waals surface area contributed by atoms with E-state index < -0.39 is 6.10 Å². The van der Waals surface area contributed by atoms with E-state index in [-0.39, 0.29) is 17.6 Å². The van der Waals surface area contributed by atoms with Gasteiger partial charge in [-0.15, -0.1) is 0 Å². The molecule has 0 aliphatic rings. The van der Waals surface area contributed by atoms with Crippen molar-refractivity contribution < 1.29 is 19.7 Å². The third kappa shape index (κ3) is 5.76. The standard InChI is InChI=1S/C21H26N2O4/c1-14(21(26)15-11-12-19(27-2)18(24)13-15)7-3-6-10-20(25)23-17-9-5-4-8-16(17)22/h4-6,8-14,21,24,26H,3,7,22H2,1-2H3,(H,23,25)/b10-6+/t14-,21+/m0/s1.